The minimum atomic E-state index is -4.67. The summed E-state index contributed by atoms with van der Waals surface area (Å²) in [6, 6.07) is 3.32. The average molecular weight is 305 g/mol. The lowest BCUT2D eigenvalue weighted by atomic mass is 10.1. The normalized spacial score (nSPS) is 11.0. The zero-order valence-corrected chi connectivity index (χ0v) is 10.4. The molecule has 21 heavy (non-hydrogen) atoms. The number of nitrogens with zero attached hydrogens (tertiary/aromatic N) is 1. The molecule has 1 aromatic carbocycles. The molecule has 6 nitrogen and oxygen atoms in total. The highest BCUT2D eigenvalue weighted by Gasteiger charge is 2.31. The molecule has 9 heteroatoms. The fourth-order valence-electron chi connectivity index (χ4n) is 1.54. The van der Waals surface area contributed by atoms with Crippen LogP contribution in [0.25, 0.3) is 0 Å². The van der Waals surface area contributed by atoms with Crippen molar-refractivity contribution in [3.8, 4) is 0 Å². The number of hydrogen-bond acceptors (Lipinski definition) is 3. The molecule has 0 aromatic heterocycles. The monoisotopic (exact) mass is 305 g/mol. The number of benzene rings is 1. The number of alkyl halides is 3. The van der Waals surface area contributed by atoms with Gasteiger partial charge in [0.25, 0.3) is 5.91 Å². The van der Waals surface area contributed by atoms with Gasteiger partial charge in [0.15, 0.2) is 0 Å². The van der Waals surface area contributed by atoms with Crippen molar-refractivity contribution in [1.82, 2.24) is 4.90 Å². The lowest BCUT2D eigenvalue weighted by molar-refractivity contribution is -0.141. The Kier molecular flexibility index (Phi) is 4.90. The maximum absolute atomic E-state index is 12.5. The van der Waals surface area contributed by atoms with E-state index in [1.807, 2.05) is 0 Å². The summed E-state index contributed by atoms with van der Waals surface area (Å²) in [5.41, 5.74) is -1.52. The van der Waals surface area contributed by atoms with Crippen LogP contribution in [-0.2, 0) is 15.8 Å². The molecular formula is C12H10F3NO5. The van der Waals surface area contributed by atoms with Gasteiger partial charge < -0.3 is 15.1 Å². The van der Waals surface area contributed by atoms with E-state index in [0.717, 1.165) is 18.2 Å². The topological polar surface area (TPSA) is 94.9 Å². The van der Waals surface area contributed by atoms with Crippen molar-refractivity contribution in [3.05, 3.63) is 35.4 Å². The van der Waals surface area contributed by atoms with Crippen LogP contribution in [0.1, 0.15) is 15.9 Å². The fourth-order valence-corrected chi connectivity index (χ4v) is 1.54. The summed E-state index contributed by atoms with van der Waals surface area (Å²) in [4.78, 5) is 33.5. The Morgan fingerprint density at radius 2 is 1.57 bits per heavy atom. The minimum absolute atomic E-state index is 0.431. The van der Waals surface area contributed by atoms with Gasteiger partial charge in [-0.1, -0.05) is 6.07 Å². The van der Waals surface area contributed by atoms with E-state index in [2.05, 4.69) is 0 Å². The molecule has 114 valence electrons. The van der Waals surface area contributed by atoms with Crippen molar-refractivity contribution in [2.24, 2.45) is 0 Å². The third-order valence-corrected chi connectivity index (χ3v) is 2.38. The lowest BCUT2D eigenvalue weighted by Crippen LogP contribution is -2.39. The molecule has 0 radical (unpaired) electrons. The number of carbonyl (C=O) groups is 3. The Hall–Kier alpha value is -2.58. The predicted molar refractivity (Wildman–Crippen MR) is 62.6 cm³/mol. The van der Waals surface area contributed by atoms with Crippen LogP contribution in [0.2, 0.25) is 0 Å². The van der Waals surface area contributed by atoms with Gasteiger partial charge in [-0.2, -0.15) is 13.2 Å². The van der Waals surface area contributed by atoms with Gasteiger partial charge in [0.1, 0.15) is 13.1 Å². The van der Waals surface area contributed by atoms with Gasteiger partial charge in [0.2, 0.25) is 0 Å². The summed E-state index contributed by atoms with van der Waals surface area (Å²) in [7, 11) is 0. The molecule has 0 bridgehead atoms. The fraction of sp³-hybridized carbons (Fsp3) is 0.250. The highest BCUT2D eigenvalue weighted by Crippen LogP contribution is 2.29. The summed E-state index contributed by atoms with van der Waals surface area (Å²) in [6.07, 6.45) is -4.67. The summed E-state index contributed by atoms with van der Waals surface area (Å²) in [6.45, 7) is -1.86. The van der Waals surface area contributed by atoms with E-state index >= 15 is 0 Å². The zero-order chi connectivity index (χ0) is 16.2. The van der Waals surface area contributed by atoms with Gasteiger partial charge in [-0.15, -0.1) is 0 Å². The second kappa shape index (κ2) is 6.25. The molecule has 0 saturated carbocycles. The summed E-state index contributed by atoms with van der Waals surface area (Å²) in [5, 5.41) is 17.2. The van der Waals surface area contributed by atoms with Gasteiger partial charge in [-0.25, -0.2) is 0 Å². The van der Waals surface area contributed by atoms with Crippen LogP contribution in [0.3, 0.4) is 0 Å². The van der Waals surface area contributed by atoms with E-state index in [4.69, 9.17) is 10.2 Å². The third kappa shape index (κ3) is 4.79. The largest absolute Gasteiger partial charge is 0.480 e. The molecule has 0 atom stereocenters. The first kappa shape index (κ1) is 16.5. The highest BCUT2D eigenvalue weighted by atomic mass is 19.4. The second-order valence-electron chi connectivity index (χ2n) is 4.03. The first-order chi connectivity index (χ1) is 9.61. The van der Waals surface area contributed by atoms with Gasteiger partial charge in [-0.05, 0) is 18.2 Å². The molecule has 1 aromatic rings. The average Bonchev–Trinajstić information content (AvgIpc) is 2.35. The van der Waals surface area contributed by atoms with E-state index < -0.39 is 48.2 Å². The summed E-state index contributed by atoms with van der Waals surface area (Å²) in [5.74, 6) is -4.06. The van der Waals surface area contributed by atoms with Crippen molar-refractivity contribution >= 4 is 17.8 Å². The number of carbonyl (C=O) groups excluding carboxylic acids is 1. The molecule has 0 aliphatic rings. The predicted octanol–water partition coefficient (Wildman–Crippen LogP) is 1.32. The molecule has 0 unspecified atom stereocenters. The Bertz CT molecular complexity index is 554. The van der Waals surface area contributed by atoms with Gasteiger partial charge in [-0.3, -0.25) is 14.4 Å². The molecule has 0 fully saturated rings. The molecule has 0 heterocycles. The standard InChI is InChI=1S/C12H10F3NO5/c13-12(14,15)8-3-1-2-7(4-8)11(21)16(5-9(17)18)6-10(19)20/h1-4H,5-6H2,(H,17,18)(H,19,20). The molecule has 1 amide bonds. The van der Waals surface area contributed by atoms with Crippen LogP contribution in [-0.4, -0.2) is 46.0 Å². The second-order valence-corrected chi connectivity index (χ2v) is 4.03. The van der Waals surface area contributed by atoms with Crippen LogP contribution in [0, 0.1) is 0 Å². The number of rotatable bonds is 5. The van der Waals surface area contributed by atoms with Gasteiger partial charge in [0, 0.05) is 5.56 Å². The number of carboxylic acids is 2. The number of hydrogen-bond donors (Lipinski definition) is 2. The molecule has 1 rings (SSSR count). The Morgan fingerprint density at radius 1 is 1.05 bits per heavy atom. The Morgan fingerprint density at radius 3 is 2.00 bits per heavy atom. The van der Waals surface area contributed by atoms with Crippen molar-refractivity contribution in [1.29, 1.82) is 0 Å². The van der Waals surface area contributed by atoms with Crippen molar-refractivity contribution in [2.45, 2.75) is 6.18 Å². The Labute approximate surface area is 116 Å². The highest BCUT2D eigenvalue weighted by molar-refractivity contribution is 5.97. The quantitative estimate of drug-likeness (QED) is 0.855. The number of carboxylic acid groups (broad SMARTS) is 2. The van der Waals surface area contributed by atoms with Crippen molar-refractivity contribution in [2.75, 3.05) is 13.1 Å². The number of halogens is 3. The van der Waals surface area contributed by atoms with Crippen LogP contribution >= 0.6 is 0 Å². The SMILES string of the molecule is O=C(O)CN(CC(=O)O)C(=O)c1cccc(C(F)(F)F)c1. The number of amides is 1. The van der Waals surface area contributed by atoms with Crippen molar-refractivity contribution < 1.29 is 37.8 Å². The summed E-state index contributed by atoms with van der Waals surface area (Å²) < 4.78 is 37.6. The molecule has 0 saturated heterocycles. The van der Waals surface area contributed by atoms with Crippen LogP contribution in [0.4, 0.5) is 13.2 Å². The number of aliphatic carboxylic acids is 2. The maximum Gasteiger partial charge on any atom is 0.416 e. The zero-order valence-electron chi connectivity index (χ0n) is 10.4. The van der Waals surface area contributed by atoms with E-state index in [1.54, 1.807) is 0 Å². The van der Waals surface area contributed by atoms with Crippen molar-refractivity contribution in [3.63, 3.8) is 0 Å². The van der Waals surface area contributed by atoms with E-state index in [9.17, 15) is 27.6 Å². The molecular weight excluding hydrogens is 295 g/mol. The molecule has 0 aliphatic carbocycles. The lowest BCUT2D eigenvalue weighted by Gasteiger charge is -2.19. The van der Waals surface area contributed by atoms with Crippen LogP contribution < -0.4 is 0 Å². The molecule has 0 spiro atoms. The third-order valence-electron chi connectivity index (χ3n) is 2.38. The smallest absolute Gasteiger partial charge is 0.416 e. The van der Waals surface area contributed by atoms with E-state index in [0.29, 0.717) is 11.0 Å². The van der Waals surface area contributed by atoms with E-state index in [1.165, 1.54) is 0 Å². The van der Waals surface area contributed by atoms with Crippen LogP contribution in [0.5, 0.6) is 0 Å². The first-order valence-corrected chi connectivity index (χ1v) is 5.51. The van der Waals surface area contributed by atoms with Crippen LogP contribution in [0.15, 0.2) is 24.3 Å². The Balaban J connectivity index is 3.08. The maximum atomic E-state index is 12.5. The molecule has 0 aliphatic heterocycles. The van der Waals surface area contributed by atoms with Gasteiger partial charge >= 0.3 is 18.1 Å². The molecule has 2 N–H and O–H groups in total. The van der Waals surface area contributed by atoms with E-state index in [-0.39, 0.29) is 0 Å². The van der Waals surface area contributed by atoms with Gasteiger partial charge in [0.05, 0.1) is 5.56 Å². The summed E-state index contributed by atoms with van der Waals surface area (Å²) >= 11 is 0. The minimum Gasteiger partial charge on any atom is -0.480 e. The first-order valence-electron chi connectivity index (χ1n) is 5.51.